The number of nitriles is 2. The number of aliphatic carboxylic acids is 1. The number of rotatable bonds is 7. The average Bonchev–Trinajstić information content (AvgIpc) is 3.53. The maximum atomic E-state index is 11.2. The number of hydrogen-bond acceptors (Lipinski definition) is 8. The lowest BCUT2D eigenvalue weighted by atomic mass is 9.34. The number of carbonyl (C=O) groups is 2. The van der Waals surface area contributed by atoms with E-state index in [-0.39, 0.29) is 28.6 Å². The molecule has 2 aromatic heterocycles. The SMILES string of the molecule is CC(=O)C12CC(COS(C)(=O)=O)(C1)C2.N#Cc1ccc2[nH]ccc2c1.N#Cc1ccc2c(cnn2CC23CC(C(=O)O)(C2)C3)c1. The lowest BCUT2D eigenvalue weighted by molar-refractivity contribution is -0.227. The molecule has 0 atom stereocenters. The molecule has 10 rings (SSSR count). The summed E-state index contributed by atoms with van der Waals surface area (Å²) < 4.78 is 28.2. The molecule has 0 saturated heterocycles. The molecular formula is C33H33N5O6S. The predicted molar refractivity (Wildman–Crippen MR) is 164 cm³/mol. The number of Topliss-reactive ketones (excluding diaryl/α,β-unsaturated/α-hetero) is 1. The monoisotopic (exact) mass is 627 g/mol. The Morgan fingerprint density at radius 2 is 1.56 bits per heavy atom. The van der Waals surface area contributed by atoms with Crippen LogP contribution in [0.5, 0.6) is 0 Å². The van der Waals surface area contributed by atoms with Crippen LogP contribution in [-0.4, -0.2) is 52.9 Å². The summed E-state index contributed by atoms with van der Waals surface area (Å²) in [5.41, 5.74) is 3.00. The largest absolute Gasteiger partial charge is 0.481 e. The zero-order valence-corrected chi connectivity index (χ0v) is 25.9. The molecule has 0 radical (unpaired) electrons. The van der Waals surface area contributed by atoms with E-state index in [2.05, 4.69) is 22.2 Å². The van der Waals surface area contributed by atoms with E-state index in [0.717, 1.165) is 73.1 Å². The lowest BCUT2D eigenvalue weighted by Gasteiger charge is -2.69. The molecular weight excluding hydrogens is 594 g/mol. The molecule has 0 amide bonds. The third-order valence-corrected chi connectivity index (χ3v) is 10.5. The molecule has 6 aliphatic rings. The Kier molecular flexibility index (Phi) is 7.14. The van der Waals surface area contributed by atoms with E-state index in [0.29, 0.717) is 11.1 Å². The number of fused-ring (bicyclic) bond motifs is 2. The fourth-order valence-corrected chi connectivity index (χ4v) is 8.34. The van der Waals surface area contributed by atoms with Crippen LogP contribution in [0.15, 0.2) is 54.9 Å². The summed E-state index contributed by atoms with van der Waals surface area (Å²) in [6.45, 7) is 2.64. The molecule has 4 aromatic rings. The second-order valence-electron chi connectivity index (χ2n) is 13.5. The van der Waals surface area contributed by atoms with Crippen LogP contribution in [0.3, 0.4) is 0 Å². The first kappa shape index (κ1) is 30.5. The van der Waals surface area contributed by atoms with Gasteiger partial charge in [-0.05, 0) is 98.7 Å². The van der Waals surface area contributed by atoms with Crippen molar-refractivity contribution in [3.8, 4) is 12.1 Å². The van der Waals surface area contributed by atoms with E-state index in [1.165, 1.54) is 0 Å². The van der Waals surface area contributed by atoms with Crippen molar-refractivity contribution in [2.45, 2.75) is 52.0 Å². The van der Waals surface area contributed by atoms with Crippen LogP contribution in [0.25, 0.3) is 21.8 Å². The highest BCUT2D eigenvalue weighted by Gasteiger charge is 2.72. The maximum absolute atomic E-state index is 11.2. The molecule has 11 nitrogen and oxygen atoms in total. The molecule has 6 saturated carbocycles. The number of aromatic nitrogens is 3. The highest BCUT2D eigenvalue weighted by atomic mass is 32.2. The molecule has 45 heavy (non-hydrogen) atoms. The Morgan fingerprint density at radius 3 is 2.13 bits per heavy atom. The third-order valence-electron chi connectivity index (χ3n) is 10.00. The predicted octanol–water partition coefficient (Wildman–Crippen LogP) is 4.92. The van der Waals surface area contributed by atoms with Gasteiger partial charge < -0.3 is 10.1 Å². The summed E-state index contributed by atoms with van der Waals surface area (Å²) in [5, 5.41) is 33.1. The minimum Gasteiger partial charge on any atom is -0.481 e. The summed E-state index contributed by atoms with van der Waals surface area (Å²) in [5.74, 6) is -0.415. The standard InChI is InChI=1S/C15H13N3O2.C9H6N2.C9H14O4S/c16-4-10-1-2-12-11(3-10)5-17-18(12)9-14-6-15(7-14,8-14)13(19)20;10-6-7-1-2-9-8(5-7)3-4-11-9;1-7(10)9-3-8(4-9,5-9)6-13-14(2,11)12/h1-3,5H,6-9H2,(H,19,20);1-5,11H;3-6H2,1-2H3. The number of ketones is 1. The Labute approximate surface area is 260 Å². The van der Waals surface area contributed by atoms with Crippen LogP contribution in [0.2, 0.25) is 0 Å². The normalized spacial score (nSPS) is 28.3. The van der Waals surface area contributed by atoms with Crippen molar-refractivity contribution < 1.29 is 27.3 Å². The van der Waals surface area contributed by atoms with Crippen LogP contribution in [-0.2, 0) is 30.4 Å². The minimum absolute atomic E-state index is 0.00521. The fraction of sp³-hybridized carbons (Fsp3) is 0.424. The summed E-state index contributed by atoms with van der Waals surface area (Å²) >= 11 is 0. The Balaban J connectivity index is 0.000000125. The van der Waals surface area contributed by atoms with Crippen LogP contribution in [0.1, 0.15) is 56.6 Å². The van der Waals surface area contributed by atoms with Crippen LogP contribution < -0.4 is 0 Å². The van der Waals surface area contributed by atoms with Crippen LogP contribution >= 0.6 is 0 Å². The second-order valence-corrected chi connectivity index (χ2v) is 15.2. The van der Waals surface area contributed by atoms with Gasteiger partial charge in [0.15, 0.2) is 0 Å². The molecule has 0 unspecified atom stereocenters. The smallest absolute Gasteiger partial charge is 0.309 e. The van der Waals surface area contributed by atoms with Crippen molar-refractivity contribution in [2.75, 3.05) is 12.9 Å². The van der Waals surface area contributed by atoms with Crippen LogP contribution in [0, 0.1) is 44.3 Å². The van der Waals surface area contributed by atoms with Crippen molar-refractivity contribution in [3.05, 3.63) is 66.0 Å². The maximum Gasteiger partial charge on any atom is 0.309 e. The Morgan fingerprint density at radius 1 is 0.956 bits per heavy atom. The number of carbonyl (C=O) groups excluding carboxylic acids is 1. The number of nitrogens with zero attached hydrogens (tertiary/aromatic N) is 4. The van der Waals surface area contributed by atoms with E-state index in [9.17, 15) is 18.0 Å². The van der Waals surface area contributed by atoms with E-state index in [4.69, 9.17) is 19.8 Å². The highest BCUT2D eigenvalue weighted by Crippen LogP contribution is 2.74. The van der Waals surface area contributed by atoms with Gasteiger partial charge in [0.25, 0.3) is 10.1 Å². The van der Waals surface area contributed by atoms with Gasteiger partial charge in [-0.15, -0.1) is 0 Å². The topological polar surface area (TPSA) is 179 Å². The number of carboxylic acid groups (broad SMARTS) is 1. The first-order chi connectivity index (χ1) is 21.2. The van der Waals surface area contributed by atoms with Crippen molar-refractivity contribution >= 4 is 43.7 Å². The molecule has 4 bridgehead atoms. The van der Waals surface area contributed by atoms with Gasteiger partial charge in [0.05, 0.1) is 53.3 Å². The third kappa shape index (κ3) is 5.49. The Hall–Kier alpha value is -4.52. The molecule has 2 heterocycles. The van der Waals surface area contributed by atoms with Gasteiger partial charge in [0.1, 0.15) is 5.78 Å². The second kappa shape index (κ2) is 10.5. The molecule has 6 fully saturated rings. The van der Waals surface area contributed by atoms with Gasteiger partial charge in [0.2, 0.25) is 0 Å². The molecule has 232 valence electrons. The van der Waals surface area contributed by atoms with Gasteiger partial charge in [0, 0.05) is 34.4 Å². The first-order valence-electron chi connectivity index (χ1n) is 14.6. The van der Waals surface area contributed by atoms with Gasteiger partial charge >= 0.3 is 5.97 Å². The van der Waals surface area contributed by atoms with Crippen molar-refractivity contribution in [1.29, 1.82) is 10.5 Å². The van der Waals surface area contributed by atoms with Crippen molar-refractivity contribution in [2.24, 2.45) is 21.7 Å². The molecule has 6 aliphatic carbocycles. The summed E-state index contributed by atoms with van der Waals surface area (Å²) in [7, 11) is -3.33. The fourth-order valence-electron chi connectivity index (χ4n) is 7.87. The van der Waals surface area contributed by atoms with Gasteiger partial charge in [-0.3, -0.25) is 18.5 Å². The first-order valence-corrected chi connectivity index (χ1v) is 16.5. The van der Waals surface area contributed by atoms with E-state index < -0.39 is 21.5 Å². The molecule has 2 N–H and O–H groups in total. The summed E-state index contributed by atoms with van der Waals surface area (Å²) in [6, 6.07) is 17.3. The number of H-pyrrole nitrogens is 1. The number of benzene rings is 2. The molecule has 2 aromatic carbocycles. The minimum atomic E-state index is -3.33. The lowest BCUT2D eigenvalue weighted by Crippen LogP contribution is -2.66. The highest BCUT2D eigenvalue weighted by molar-refractivity contribution is 7.85. The van der Waals surface area contributed by atoms with Crippen LogP contribution in [0.4, 0.5) is 0 Å². The summed E-state index contributed by atoms with van der Waals surface area (Å²) in [4.78, 5) is 25.3. The summed E-state index contributed by atoms with van der Waals surface area (Å²) in [6.07, 6.45) is 9.44. The number of nitrogens with one attached hydrogen (secondary N) is 1. The number of hydrogen-bond donors (Lipinski definition) is 2. The molecule has 12 heteroatoms. The average molecular weight is 628 g/mol. The number of carboxylic acids is 1. The van der Waals surface area contributed by atoms with E-state index >= 15 is 0 Å². The molecule has 0 aliphatic heterocycles. The van der Waals surface area contributed by atoms with Gasteiger partial charge in [-0.1, -0.05) is 0 Å². The number of aromatic amines is 1. The van der Waals surface area contributed by atoms with E-state index in [1.54, 1.807) is 25.3 Å². The van der Waals surface area contributed by atoms with E-state index in [1.807, 2.05) is 41.2 Å². The van der Waals surface area contributed by atoms with Gasteiger partial charge in [-0.25, -0.2) is 0 Å². The quantitative estimate of drug-likeness (QED) is 0.269. The zero-order valence-electron chi connectivity index (χ0n) is 25.0. The molecule has 0 spiro atoms. The zero-order chi connectivity index (χ0) is 32.3. The van der Waals surface area contributed by atoms with Crippen molar-refractivity contribution in [1.82, 2.24) is 14.8 Å². The van der Waals surface area contributed by atoms with Gasteiger partial charge in [-0.2, -0.15) is 24.0 Å². The Bertz CT molecular complexity index is 2010. The van der Waals surface area contributed by atoms with Crippen molar-refractivity contribution in [3.63, 3.8) is 0 Å².